The molecular weight excluding hydrogens is 349 g/mol. The second-order valence-corrected chi connectivity index (χ2v) is 7.35. The average molecular weight is 368 g/mol. The standard InChI is InChI=1S/C14H19ClFNO5S/c1-9-6-14(10(15)7-11(9)16)23(19,20)17-12-2-4-21-8-13(12)22-5-3-18/h6-7,12-13,17-18H,2-5,8H2,1H3/t12-,13-/m1/s1. The van der Waals surface area contributed by atoms with Crippen molar-refractivity contribution in [2.45, 2.75) is 30.4 Å². The fraction of sp³-hybridized carbons (Fsp3) is 0.571. The Kier molecular flexibility index (Phi) is 6.35. The monoisotopic (exact) mass is 367 g/mol. The lowest BCUT2D eigenvalue weighted by molar-refractivity contribution is -0.0714. The first kappa shape index (κ1) is 18.6. The maximum Gasteiger partial charge on any atom is 0.242 e. The van der Waals surface area contributed by atoms with Crippen molar-refractivity contribution in [3.8, 4) is 0 Å². The van der Waals surface area contributed by atoms with Gasteiger partial charge in [0.05, 0.1) is 37.0 Å². The second kappa shape index (κ2) is 7.87. The molecule has 1 aliphatic rings. The van der Waals surface area contributed by atoms with Gasteiger partial charge >= 0.3 is 0 Å². The highest BCUT2D eigenvalue weighted by atomic mass is 35.5. The van der Waals surface area contributed by atoms with E-state index in [-0.39, 0.29) is 35.3 Å². The summed E-state index contributed by atoms with van der Waals surface area (Å²) in [7, 11) is -3.93. The Bertz CT molecular complexity index is 655. The van der Waals surface area contributed by atoms with Crippen LogP contribution in [0.15, 0.2) is 17.0 Å². The van der Waals surface area contributed by atoms with Crippen LogP contribution in [0.4, 0.5) is 4.39 Å². The number of halogens is 2. The molecule has 1 aromatic rings. The molecule has 1 heterocycles. The van der Waals surface area contributed by atoms with E-state index < -0.39 is 28.0 Å². The van der Waals surface area contributed by atoms with Crippen molar-refractivity contribution in [3.05, 3.63) is 28.5 Å². The summed E-state index contributed by atoms with van der Waals surface area (Å²) in [5.41, 5.74) is 0.190. The minimum absolute atomic E-state index is 0.0860. The van der Waals surface area contributed by atoms with Gasteiger partial charge in [0.1, 0.15) is 10.7 Å². The number of benzene rings is 1. The molecule has 6 nitrogen and oxygen atoms in total. The van der Waals surface area contributed by atoms with Gasteiger partial charge in [0, 0.05) is 6.61 Å². The number of hydrogen-bond acceptors (Lipinski definition) is 5. The molecule has 0 spiro atoms. The number of nitrogens with one attached hydrogen (secondary N) is 1. The van der Waals surface area contributed by atoms with E-state index in [0.717, 1.165) is 6.07 Å². The number of rotatable bonds is 6. The summed E-state index contributed by atoms with van der Waals surface area (Å²) in [5.74, 6) is -0.566. The molecule has 0 saturated carbocycles. The van der Waals surface area contributed by atoms with Gasteiger partial charge in [0.15, 0.2) is 0 Å². The van der Waals surface area contributed by atoms with Crippen LogP contribution >= 0.6 is 11.6 Å². The van der Waals surface area contributed by atoms with Crippen molar-refractivity contribution in [3.63, 3.8) is 0 Å². The number of hydrogen-bond donors (Lipinski definition) is 2. The van der Waals surface area contributed by atoms with E-state index in [2.05, 4.69) is 4.72 Å². The average Bonchev–Trinajstić information content (AvgIpc) is 2.49. The van der Waals surface area contributed by atoms with Crippen LogP contribution in [0.2, 0.25) is 5.02 Å². The molecule has 130 valence electrons. The molecule has 23 heavy (non-hydrogen) atoms. The van der Waals surface area contributed by atoms with Gasteiger partial charge in [-0.15, -0.1) is 0 Å². The van der Waals surface area contributed by atoms with Crippen LogP contribution in [0, 0.1) is 12.7 Å². The van der Waals surface area contributed by atoms with Gasteiger partial charge in [0.25, 0.3) is 0 Å². The van der Waals surface area contributed by atoms with Crippen molar-refractivity contribution >= 4 is 21.6 Å². The summed E-state index contributed by atoms with van der Waals surface area (Å²) in [6, 6.07) is 1.67. The van der Waals surface area contributed by atoms with Gasteiger partial charge in [-0.05, 0) is 31.0 Å². The summed E-state index contributed by atoms with van der Waals surface area (Å²) in [4.78, 5) is -0.175. The molecule has 1 saturated heterocycles. The van der Waals surface area contributed by atoms with Crippen LogP contribution in [0.3, 0.4) is 0 Å². The van der Waals surface area contributed by atoms with Crippen LogP contribution in [0.5, 0.6) is 0 Å². The van der Waals surface area contributed by atoms with Gasteiger partial charge in [0.2, 0.25) is 10.0 Å². The van der Waals surface area contributed by atoms with Crippen LogP contribution in [-0.2, 0) is 19.5 Å². The third kappa shape index (κ3) is 4.62. The van der Waals surface area contributed by atoms with Gasteiger partial charge in [-0.2, -0.15) is 0 Å². The molecule has 1 aliphatic heterocycles. The minimum atomic E-state index is -3.93. The first-order chi connectivity index (χ1) is 10.8. The first-order valence-corrected chi connectivity index (χ1v) is 8.99. The van der Waals surface area contributed by atoms with Crippen LogP contribution < -0.4 is 4.72 Å². The number of ether oxygens (including phenoxy) is 2. The van der Waals surface area contributed by atoms with Gasteiger partial charge in [-0.1, -0.05) is 11.6 Å². The molecule has 0 amide bonds. The van der Waals surface area contributed by atoms with E-state index >= 15 is 0 Å². The van der Waals surface area contributed by atoms with Crippen molar-refractivity contribution < 1.29 is 27.4 Å². The number of sulfonamides is 1. The molecule has 2 atom stereocenters. The Morgan fingerprint density at radius 2 is 2.26 bits per heavy atom. The molecule has 0 unspecified atom stereocenters. The van der Waals surface area contributed by atoms with Crippen LogP contribution in [0.25, 0.3) is 0 Å². The van der Waals surface area contributed by atoms with E-state index in [4.69, 9.17) is 26.2 Å². The number of aryl methyl sites for hydroxylation is 1. The zero-order valence-corrected chi connectivity index (χ0v) is 14.2. The second-order valence-electron chi connectivity index (χ2n) is 5.26. The smallest absolute Gasteiger partial charge is 0.242 e. The lowest BCUT2D eigenvalue weighted by Gasteiger charge is -2.31. The Hall–Kier alpha value is -0.770. The number of aliphatic hydroxyl groups is 1. The van der Waals surface area contributed by atoms with E-state index in [1.165, 1.54) is 13.0 Å². The molecule has 2 rings (SSSR count). The summed E-state index contributed by atoms with van der Waals surface area (Å²) in [5, 5.41) is 8.65. The predicted molar refractivity (Wildman–Crippen MR) is 82.5 cm³/mol. The molecule has 1 fully saturated rings. The lowest BCUT2D eigenvalue weighted by Crippen LogP contribution is -2.50. The summed E-state index contributed by atoms with van der Waals surface area (Å²) < 4.78 is 51.7. The molecule has 9 heteroatoms. The molecule has 0 radical (unpaired) electrons. The van der Waals surface area contributed by atoms with Crippen molar-refractivity contribution in [1.82, 2.24) is 4.72 Å². The third-order valence-electron chi connectivity index (χ3n) is 3.54. The normalized spacial score (nSPS) is 22.3. The molecule has 0 aromatic heterocycles. The topological polar surface area (TPSA) is 84.9 Å². The summed E-state index contributed by atoms with van der Waals surface area (Å²) in [6.07, 6.45) is -0.0846. The maximum atomic E-state index is 13.4. The Balaban J connectivity index is 2.21. The Labute approximate surface area is 139 Å². The SMILES string of the molecule is Cc1cc(S(=O)(=O)N[C@@H]2CCOC[C@H]2OCCO)c(Cl)cc1F. The molecule has 2 N–H and O–H groups in total. The summed E-state index contributed by atoms with van der Waals surface area (Å²) in [6.45, 7) is 2.00. The van der Waals surface area contributed by atoms with Crippen LogP contribution in [0.1, 0.15) is 12.0 Å². The Morgan fingerprint density at radius 3 is 2.96 bits per heavy atom. The molecular formula is C14H19ClFNO5S. The van der Waals surface area contributed by atoms with Gasteiger partial charge in [-0.3, -0.25) is 0 Å². The van der Waals surface area contributed by atoms with E-state index in [0.29, 0.717) is 13.0 Å². The molecule has 1 aromatic carbocycles. The van der Waals surface area contributed by atoms with E-state index in [1.54, 1.807) is 0 Å². The summed E-state index contributed by atoms with van der Waals surface area (Å²) >= 11 is 5.88. The molecule has 0 aliphatic carbocycles. The van der Waals surface area contributed by atoms with Crippen molar-refractivity contribution in [1.29, 1.82) is 0 Å². The van der Waals surface area contributed by atoms with E-state index in [1.807, 2.05) is 0 Å². The third-order valence-corrected chi connectivity index (χ3v) is 5.49. The van der Waals surface area contributed by atoms with Crippen LogP contribution in [-0.4, -0.2) is 52.1 Å². The minimum Gasteiger partial charge on any atom is -0.394 e. The van der Waals surface area contributed by atoms with Gasteiger partial charge < -0.3 is 14.6 Å². The fourth-order valence-electron chi connectivity index (χ4n) is 2.31. The van der Waals surface area contributed by atoms with E-state index in [9.17, 15) is 12.8 Å². The zero-order valence-electron chi connectivity index (χ0n) is 12.6. The highest BCUT2D eigenvalue weighted by molar-refractivity contribution is 7.89. The molecule has 0 bridgehead atoms. The fourth-order valence-corrected chi connectivity index (χ4v) is 4.21. The predicted octanol–water partition coefficient (Wildman–Crippen LogP) is 1.23. The maximum absolute atomic E-state index is 13.4. The lowest BCUT2D eigenvalue weighted by atomic mass is 10.1. The van der Waals surface area contributed by atoms with Crippen molar-refractivity contribution in [2.24, 2.45) is 0 Å². The quantitative estimate of drug-likeness (QED) is 0.790. The zero-order chi connectivity index (χ0) is 17.0. The largest absolute Gasteiger partial charge is 0.394 e. The first-order valence-electron chi connectivity index (χ1n) is 7.13. The number of aliphatic hydroxyl groups excluding tert-OH is 1. The highest BCUT2D eigenvalue weighted by Gasteiger charge is 2.31. The Morgan fingerprint density at radius 1 is 1.52 bits per heavy atom. The van der Waals surface area contributed by atoms with Gasteiger partial charge in [-0.25, -0.2) is 17.5 Å². The highest BCUT2D eigenvalue weighted by Crippen LogP contribution is 2.25. The van der Waals surface area contributed by atoms with Crippen molar-refractivity contribution in [2.75, 3.05) is 26.4 Å².